The highest BCUT2D eigenvalue weighted by Crippen LogP contribution is 2.32. The fraction of sp³-hybridized carbons (Fsp3) is 0.368. The van der Waals surface area contributed by atoms with Gasteiger partial charge >= 0.3 is 0 Å². The van der Waals surface area contributed by atoms with Crippen molar-refractivity contribution in [2.75, 3.05) is 33.4 Å². The average molecular weight is 326 g/mol. The van der Waals surface area contributed by atoms with Gasteiger partial charge in [0.2, 0.25) is 0 Å². The molecule has 5 nitrogen and oxygen atoms in total. The molecule has 0 spiro atoms. The van der Waals surface area contributed by atoms with Crippen LogP contribution in [0.3, 0.4) is 0 Å². The van der Waals surface area contributed by atoms with E-state index in [1.54, 1.807) is 19.5 Å². The van der Waals surface area contributed by atoms with Crippen molar-refractivity contribution in [1.29, 1.82) is 0 Å². The Hall–Kier alpha value is -2.40. The van der Waals surface area contributed by atoms with E-state index >= 15 is 0 Å². The minimum Gasteiger partial charge on any atom is -0.484 e. The molecule has 0 radical (unpaired) electrons. The Morgan fingerprint density at radius 2 is 1.92 bits per heavy atom. The average Bonchev–Trinajstić information content (AvgIpc) is 3.06. The molecule has 5 heteroatoms. The zero-order valence-corrected chi connectivity index (χ0v) is 13.8. The topological polar surface area (TPSA) is 51.7 Å². The summed E-state index contributed by atoms with van der Waals surface area (Å²) in [6.45, 7) is 2.08. The number of aromatic nitrogens is 1. The molecule has 0 aliphatic carbocycles. The number of amides is 1. The second-order valence-corrected chi connectivity index (χ2v) is 6.00. The summed E-state index contributed by atoms with van der Waals surface area (Å²) in [5.41, 5.74) is 1.20. The largest absolute Gasteiger partial charge is 0.484 e. The Bertz CT molecular complexity index is 648. The number of methoxy groups -OCH3 is 1. The Labute approximate surface area is 142 Å². The number of carbonyl (C=O) groups is 1. The fourth-order valence-corrected chi connectivity index (χ4v) is 3.20. The van der Waals surface area contributed by atoms with Crippen molar-refractivity contribution in [3.63, 3.8) is 0 Å². The molecule has 1 saturated heterocycles. The van der Waals surface area contributed by atoms with Crippen LogP contribution < -0.4 is 4.74 Å². The molecule has 1 aliphatic rings. The molecule has 2 atom stereocenters. The third-order valence-corrected chi connectivity index (χ3v) is 4.41. The van der Waals surface area contributed by atoms with E-state index in [2.05, 4.69) is 4.98 Å². The molecule has 2 aromatic rings. The second kappa shape index (κ2) is 7.93. The molecule has 24 heavy (non-hydrogen) atoms. The zero-order valence-electron chi connectivity index (χ0n) is 13.8. The van der Waals surface area contributed by atoms with Gasteiger partial charge in [-0.15, -0.1) is 0 Å². The lowest BCUT2D eigenvalue weighted by molar-refractivity contribution is -0.132. The van der Waals surface area contributed by atoms with Crippen LogP contribution in [0.5, 0.6) is 5.75 Å². The van der Waals surface area contributed by atoms with Crippen molar-refractivity contribution >= 4 is 5.91 Å². The minimum absolute atomic E-state index is 0.0107. The molecule has 0 N–H and O–H groups in total. The SMILES string of the molecule is COC[C@@H]1CN(C(=O)COc2ccccc2)C[C@H]1c1ccncc1. The van der Waals surface area contributed by atoms with Gasteiger partial charge in [0.05, 0.1) is 6.61 Å². The summed E-state index contributed by atoms with van der Waals surface area (Å²) < 4.78 is 10.9. The van der Waals surface area contributed by atoms with Crippen LogP contribution in [0, 0.1) is 5.92 Å². The summed E-state index contributed by atoms with van der Waals surface area (Å²) in [5.74, 6) is 1.28. The summed E-state index contributed by atoms with van der Waals surface area (Å²) in [4.78, 5) is 18.4. The molecule has 1 amide bonds. The molecule has 1 aromatic heterocycles. The monoisotopic (exact) mass is 326 g/mol. The highest BCUT2D eigenvalue weighted by atomic mass is 16.5. The highest BCUT2D eigenvalue weighted by molar-refractivity contribution is 5.78. The summed E-state index contributed by atoms with van der Waals surface area (Å²) >= 11 is 0. The number of pyridine rings is 1. The van der Waals surface area contributed by atoms with Gasteiger partial charge < -0.3 is 14.4 Å². The van der Waals surface area contributed by atoms with Gasteiger partial charge in [-0.25, -0.2) is 0 Å². The fourth-order valence-electron chi connectivity index (χ4n) is 3.20. The molecule has 1 aromatic carbocycles. The highest BCUT2D eigenvalue weighted by Gasteiger charge is 2.36. The van der Waals surface area contributed by atoms with E-state index in [0.717, 1.165) is 0 Å². The number of hydrogen-bond acceptors (Lipinski definition) is 4. The molecule has 3 rings (SSSR count). The van der Waals surface area contributed by atoms with E-state index in [-0.39, 0.29) is 24.3 Å². The zero-order chi connectivity index (χ0) is 16.8. The van der Waals surface area contributed by atoms with Crippen LogP contribution in [0.15, 0.2) is 54.9 Å². The van der Waals surface area contributed by atoms with Gasteiger partial charge in [0.15, 0.2) is 6.61 Å². The Morgan fingerprint density at radius 3 is 2.62 bits per heavy atom. The van der Waals surface area contributed by atoms with Gasteiger partial charge in [-0.1, -0.05) is 18.2 Å². The maximum Gasteiger partial charge on any atom is 0.260 e. The van der Waals surface area contributed by atoms with Crippen molar-refractivity contribution in [2.45, 2.75) is 5.92 Å². The van der Waals surface area contributed by atoms with Gasteiger partial charge in [0.1, 0.15) is 5.75 Å². The first-order valence-corrected chi connectivity index (χ1v) is 8.12. The van der Waals surface area contributed by atoms with Crippen LogP contribution in [-0.4, -0.2) is 49.2 Å². The predicted molar refractivity (Wildman–Crippen MR) is 90.9 cm³/mol. The van der Waals surface area contributed by atoms with Crippen LogP contribution in [0.25, 0.3) is 0 Å². The van der Waals surface area contributed by atoms with Gasteiger partial charge in [0.25, 0.3) is 5.91 Å². The number of ether oxygens (including phenoxy) is 2. The van der Waals surface area contributed by atoms with Crippen LogP contribution in [0.4, 0.5) is 0 Å². The summed E-state index contributed by atoms with van der Waals surface area (Å²) in [6, 6.07) is 13.4. The van der Waals surface area contributed by atoms with Gasteiger partial charge in [-0.3, -0.25) is 9.78 Å². The Balaban J connectivity index is 1.63. The number of likely N-dealkylation sites (tertiary alicyclic amines) is 1. The molecular weight excluding hydrogens is 304 g/mol. The van der Waals surface area contributed by atoms with Crippen molar-refractivity contribution in [2.24, 2.45) is 5.92 Å². The van der Waals surface area contributed by atoms with Crippen LogP contribution >= 0.6 is 0 Å². The predicted octanol–water partition coefficient (Wildman–Crippen LogP) is 2.35. The first kappa shape index (κ1) is 16.5. The Kier molecular flexibility index (Phi) is 5.43. The number of benzene rings is 1. The first-order valence-electron chi connectivity index (χ1n) is 8.12. The molecule has 0 bridgehead atoms. The molecular formula is C19H22N2O3. The third kappa shape index (κ3) is 3.92. The van der Waals surface area contributed by atoms with Crippen LogP contribution in [0.2, 0.25) is 0 Å². The van der Waals surface area contributed by atoms with Crippen molar-refractivity contribution in [1.82, 2.24) is 9.88 Å². The summed E-state index contributed by atoms with van der Waals surface area (Å²) in [5, 5.41) is 0. The molecule has 2 heterocycles. The molecule has 0 saturated carbocycles. The maximum absolute atomic E-state index is 12.5. The van der Waals surface area contributed by atoms with Gasteiger partial charge in [0, 0.05) is 44.4 Å². The molecule has 126 valence electrons. The molecule has 1 aliphatic heterocycles. The van der Waals surface area contributed by atoms with Gasteiger partial charge in [-0.05, 0) is 29.8 Å². The lowest BCUT2D eigenvalue weighted by Gasteiger charge is -2.17. The van der Waals surface area contributed by atoms with Crippen LogP contribution in [0.1, 0.15) is 11.5 Å². The third-order valence-electron chi connectivity index (χ3n) is 4.41. The maximum atomic E-state index is 12.5. The number of hydrogen-bond donors (Lipinski definition) is 0. The van der Waals surface area contributed by atoms with Gasteiger partial charge in [-0.2, -0.15) is 0 Å². The van der Waals surface area contributed by atoms with E-state index in [4.69, 9.17) is 9.47 Å². The number of nitrogens with zero attached hydrogens (tertiary/aromatic N) is 2. The number of para-hydroxylation sites is 1. The smallest absolute Gasteiger partial charge is 0.260 e. The van der Waals surface area contributed by atoms with Crippen molar-refractivity contribution in [3.8, 4) is 5.75 Å². The molecule has 1 fully saturated rings. The van der Waals surface area contributed by atoms with E-state index in [1.165, 1.54) is 5.56 Å². The lowest BCUT2D eigenvalue weighted by Crippen LogP contribution is -2.33. The summed E-state index contributed by atoms with van der Waals surface area (Å²) in [7, 11) is 1.70. The minimum atomic E-state index is 0.0107. The second-order valence-electron chi connectivity index (χ2n) is 6.00. The lowest BCUT2D eigenvalue weighted by atomic mass is 9.90. The first-order chi connectivity index (χ1) is 11.8. The van der Waals surface area contributed by atoms with E-state index in [0.29, 0.717) is 25.4 Å². The quantitative estimate of drug-likeness (QED) is 0.818. The molecule has 0 unspecified atom stereocenters. The van der Waals surface area contributed by atoms with E-state index < -0.39 is 0 Å². The van der Waals surface area contributed by atoms with E-state index in [9.17, 15) is 4.79 Å². The van der Waals surface area contributed by atoms with E-state index in [1.807, 2.05) is 47.4 Å². The summed E-state index contributed by atoms with van der Waals surface area (Å²) in [6.07, 6.45) is 3.59. The number of rotatable bonds is 6. The standard InChI is InChI=1S/C19H22N2O3/c1-23-13-16-11-21(12-18(16)15-7-9-20-10-8-15)19(22)14-24-17-5-3-2-4-6-17/h2-10,16,18H,11-14H2,1H3/t16-,18-/m0/s1. The van der Waals surface area contributed by atoms with Crippen molar-refractivity contribution in [3.05, 3.63) is 60.4 Å². The number of carbonyl (C=O) groups excluding carboxylic acids is 1. The van der Waals surface area contributed by atoms with Crippen LogP contribution in [-0.2, 0) is 9.53 Å². The normalized spacial score (nSPS) is 20.1. The Morgan fingerprint density at radius 1 is 1.17 bits per heavy atom. The van der Waals surface area contributed by atoms with Crippen molar-refractivity contribution < 1.29 is 14.3 Å².